The van der Waals surface area contributed by atoms with Crippen molar-refractivity contribution in [3.05, 3.63) is 54.7 Å². The maximum absolute atomic E-state index is 12.7. The summed E-state index contributed by atoms with van der Waals surface area (Å²) in [6, 6.07) is 5.78. The van der Waals surface area contributed by atoms with Crippen molar-refractivity contribution in [1.29, 1.82) is 0 Å². The van der Waals surface area contributed by atoms with Crippen molar-refractivity contribution in [1.82, 2.24) is 34.8 Å². The highest BCUT2D eigenvalue weighted by Gasteiger charge is 2.18. The van der Waals surface area contributed by atoms with Gasteiger partial charge < -0.3 is 5.32 Å². The molecule has 9 nitrogen and oxygen atoms in total. The van der Waals surface area contributed by atoms with Gasteiger partial charge >= 0.3 is 0 Å². The van der Waals surface area contributed by atoms with Crippen LogP contribution >= 0.6 is 0 Å². The van der Waals surface area contributed by atoms with Gasteiger partial charge in [0.1, 0.15) is 0 Å². The number of hydrogen-bond acceptors (Lipinski definition) is 6. The highest BCUT2D eigenvalue weighted by atomic mass is 16.1. The van der Waals surface area contributed by atoms with E-state index in [-0.39, 0.29) is 17.9 Å². The lowest BCUT2D eigenvalue weighted by Gasteiger charge is -2.22. The topological polar surface area (TPSA) is 103 Å². The molecule has 0 bridgehead atoms. The largest absolute Gasteiger partial charge is 0.317 e. The molecule has 1 aliphatic rings. The van der Waals surface area contributed by atoms with Crippen molar-refractivity contribution in [3.63, 3.8) is 0 Å². The molecule has 1 saturated heterocycles. The molecule has 2 N–H and O–H groups in total. The molecule has 5 rings (SSSR count). The second kappa shape index (κ2) is 7.68. The molecular formula is C21H22N8O. The molecule has 3 aromatic heterocycles. The monoisotopic (exact) mass is 405 g/mol. The van der Waals surface area contributed by atoms with E-state index in [0.29, 0.717) is 16.6 Å². The number of carbonyl (C=O) groups excluding carboxylic acids is 1. The summed E-state index contributed by atoms with van der Waals surface area (Å²) in [5, 5.41) is 15.1. The summed E-state index contributed by atoms with van der Waals surface area (Å²) >= 11 is 0. The highest BCUT2D eigenvalue weighted by molar-refractivity contribution is 6.03. The molecule has 1 aromatic carbocycles. The van der Waals surface area contributed by atoms with E-state index in [1.807, 2.05) is 22.9 Å². The number of fused-ring (bicyclic) bond motifs is 1. The maximum atomic E-state index is 12.7. The predicted octanol–water partition coefficient (Wildman–Crippen LogP) is 2.40. The summed E-state index contributed by atoms with van der Waals surface area (Å²) in [7, 11) is 0. The smallest absolute Gasteiger partial charge is 0.261 e. The van der Waals surface area contributed by atoms with Gasteiger partial charge in [-0.05, 0) is 37.6 Å². The first kappa shape index (κ1) is 15.3. The van der Waals surface area contributed by atoms with Gasteiger partial charge in [0, 0.05) is 40.6 Å². The molecule has 0 aliphatic carbocycles. The van der Waals surface area contributed by atoms with E-state index < -0.39 is 6.98 Å². The first-order valence-electron chi connectivity index (χ1n) is 11.3. The Morgan fingerprint density at radius 2 is 2.07 bits per heavy atom. The van der Waals surface area contributed by atoms with E-state index in [1.165, 1.54) is 12.4 Å². The molecule has 0 atom stereocenters. The van der Waals surface area contributed by atoms with Gasteiger partial charge in [-0.2, -0.15) is 10.2 Å². The third-order valence-corrected chi connectivity index (χ3v) is 5.27. The fraction of sp³-hybridized carbons (Fsp3) is 0.286. The molecule has 1 amide bonds. The molecule has 1 aliphatic heterocycles. The summed E-state index contributed by atoms with van der Waals surface area (Å²) in [5.41, 5.74) is 2.48. The number of amides is 1. The van der Waals surface area contributed by atoms with Crippen molar-refractivity contribution < 1.29 is 8.91 Å². The number of benzene rings is 1. The lowest BCUT2D eigenvalue weighted by molar-refractivity contribution is 0.102. The minimum atomic E-state index is -2.34. The normalized spacial score (nSPS) is 16.7. The van der Waals surface area contributed by atoms with Crippen molar-refractivity contribution in [2.24, 2.45) is 6.98 Å². The average molecular weight is 405 g/mol. The van der Waals surface area contributed by atoms with Crippen molar-refractivity contribution in [2.45, 2.75) is 18.9 Å². The summed E-state index contributed by atoms with van der Waals surface area (Å²) in [4.78, 5) is 21.4. The molecular weight excluding hydrogens is 380 g/mol. The van der Waals surface area contributed by atoms with E-state index in [9.17, 15) is 4.79 Å². The first-order chi connectivity index (χ1) is 15.9. The third kappa shape index (κ3) is 3.67. The van der Waals surface area contributed by atoms with Crippen LogP contribution in [0.1, 0.15) is 33.4 Å². The van der Waals surface area contributed by atoms with E-state index in [1.54, 1.807) is 18.6 Å². The van der Waals surface area contributed by atoms with Crippen LogP contribution in [0.2, 0.25) is 0 Å². The number of anilines is 1. The number of aromatic nitrogens is 6. The molecule has 0 unspecified atom stereocenters. The third-order valence-electron chi connectivity index (χ3n) is 5.27. The predicted molar refractivity (Wildman–Crippen MR) is 113 cm³/mol. The molecule has 9 heteroatoms. The molecule has 30 heavy (non-hydrogen) atoms. The molecule has 1 fully saturated rings. The number of aryl methyl sites for hydroxylation is 1. The lowest BCUT2D eigenvalue weighted by atomic mass is 10.1. The van der Waals surface area contributed by atoms with Crippen LogP contribution < -0.4 is 10.6 Å². The maximum Gasteiger partial charge on any atom is 0.261 e. The molecule has 4 aromatic rings. The van der Waals surface area contributed by atoms with E-state index in [4.69, 9.17) is 4.11 Å². The van der Waals surface area contributed by atoms with Gasteiger partial charge in [-0.3, -0.25) is 19.5 Å². The zero-order valence-corrected chi connectivity index (χ0v) is 16.1. The number of carbonyl (C=O) groups is 1. The molecule has 0 radical (unpaired) electrons. The number of nitrogens with one attached hydrogen (secondary N) is 2. The summed E-state index contributed by atoms with van der Waals surface area (Å²) in [6.45, 7) is -0.456. The van der Waals surface area contributed by atoms with Gasteiger partial charge in [0.15, 0.2) is 0 Å². The number of piperidine rings is 1. The van der Waals surface area contributed by atoms with Crippen LogP contribution in [0.3, 0.4) is 0 Å². The van der Waals surface area contributed by atoms with Gasteiger partial charge in [0.25, 0.3) is 5.91 Å². The van der Waals surface area contributed by atoms with Crippen LogP contribution in [-0.4, -0.2) is 48.5 Å². The Morgan fingerprint density at radius 1 is 1.17 bits per heavy atom. The minimum absolute atomic E-state index is 0.178. The highest BCUT2D eigenvalue weighted by Crippen LogP contribution is 2.23. The van der Waals surface area contributed by atoms with Gasteiger partial charge in [-0.1, -0.05) is 12.1 Å². The van der Waals surface area contributed by atoms with Crippen molar-refractivity contribution in [3.8, 4) is 11.1 Å². The minimum Gasteiger partial charge on any atom is -0.317 e. The summed E-state index contributed by atoms with van der Waals surface area (Å²) < 4.78 is 25.2. The quantitative estimate of drug-likeness (QED) is 0.541. The molecule has 4 heterocycles. The standard InChI is InChI=1S/C21H22N8O/c1-28-12-16(10-24-28)14-2-3-15-9-23-21(26-19(15)8-14)27-20(30)17-11-25-29(13-17)18-4-6-22-7-5-18/h2-3,8-13,18,22H,4-7H2,1H3,(H,23,26,27,30)/i1D3. The Balaban J connectivity index is 1.35. The first-order valence-corrected chi connectivity index (χ1v) is 9.75. The Morgan fingerprint density at radius 3 is 2.90 bits per heavy atom. The number of rotatable bonds is 4. The number of hydrogen-bond donors (Lipinski definition) is 2. The Kier molecular flexibility index (Phi) is 3.91. The number of nitrogens with zero attached hydrogens (tertiary/aromatic N) is 6. The van der Waals surface area contributed by atoms with Crippen LogP contribution in [0.15, 0.2) is 49.2 Å². The van der Waals surface area contributed by atoms with E-state index in [0.717, 1.165) is 41.6 Å². The van der Waals surface area contributed by atoms with E-state index in [2.05, 4.69) is 30.8 Å². The Hall–Kier alpha value is -3.59. The van der Waals surface area contributed by atoms with Crippen LogP contribution in [0, 0.1) is 0 Å². The van der Waals surface area contributed by atoms with Crippen LogP contribution in [0.5, 0.6) is 0 Å². The van der Waals surface area contributed by atoms with Crippen LogP contribution in [-0.2, 0) is 6.98 Å². The van der Waals surface area contributed by atoms with Gasteiger partial charge in [-0.15, -0.1) is 0 Å². The molecule has 0 spiro atoms. The van der Waals surface area contributed by atoms with Crippen molar-refractivity contribution in [2.75, 3.05) is 18.4 Å². The fourth-order valence-electron chi connectivity index (χ4n) is 3.63. The van der Waals surface area contributed by atoms with Gasteiger partial charge in [0.2, 0.25) is 5.95 Å². The second-order valence-electron chi connectivity index (χ2n) is 7.29. The Labute approximate surface area is 177 Å². The van der Waals surface area contributed by atoms with E-state index >= 15 is 0 Å². The average Bonchev–Trinajstić information content (AvgIpc) is 3.49. The summed E-state index contributed by atoms with van der Waals surface area (Å²) in [5.74, 6) is -0.151. The zero-order chi connectivity index (χ0) is 23.0. The molecule has 152 valence electrons. The Bertz CT molecular complexity index is 1310. The van der Waals surface area contributed by atoms with Gasteiger partial charge in [0.05, 0.1) is 29.5 Å². The van der Waals surface area contributed by atoms with Crippen molar-refractivity contribution >= 4 is 22.8 Å². The second-order valence-corrected chi connectivity index (χ2v) is 7.29. The zero-order valence-electron chi connectivity index (χ0n) is 19.1. The SMILES string of the molecule is [2H]C([2H])([2H])n1cc(-c2ccc3cnc(NC(=O)c4cnn(C5CCNCC5)c4)nc3c2)cn1. The summed E-state index contributed by atoms with van der Waals surface area (Å²) in [6.07, 6.45) is 9.86. The van der Waals surface area contributed by atoms with Crippen LogP contribution in [0.4, 0.5) is 5.95 Å². The lowest BCUT2D eigenvalue weighted by Crippen LogP contribution is -2.29. The van der Waals surface area contributed by atoms with Gasteiger partial charge in [-0.25, -0.2) is 9.97 Å². The van der Waals surface area contributed by atoms with Crippen LogP contribution in [0.25, 0.3) is 22.0 Å². The fourth-order valence-corrected chi connectivity index (χ4v) is 3.63. The molecule has 0 saturated carbocycles.